The number of nitrogens with one attached hydrogen (secondary N) is 2. The fourth-order valence-electron chi connectivity index (χ4n) is 4.12. The predicted molar refractivity (Wildman–Crippen MR) is 121 cm³/mol. The lowest BCUT2D eigenvalue weighted by atomic mass is 9.92. The van der Waals surface area contributed by atoms with Crippen molar-refractivity contribution in [1.29, 1.82) is 5.26 Å². The van der Waals surface area contributed by atoms with Gasteiger partial charge in [0.15, 0.2) is 0 Å². The largest absolute Gasteiger partial charge is 0.372 e. The molecule has 1 aliphatic heterocycles. The number of carbonyl (C=O) groups excluding carboxylic acids is 1. The van der Waals surface area contributed by atoms with Gasteiger partial charge in [0.1, 0.15) is 5.69 Å². The maximum Gasteiger partial charge on any atom is 0.257 e. The number of aromatic nitrogens is 3. The third kappa shape index (κ3) is 3.84. The number of carbonyl (C=O) groups is 1. The number of amides is 1. The molecule has 7 heteroatoms. The van der Waals surface area contributed by atoms with Gasteiger partial charge in [0.25, 0.3) is 5.91 Å². The molecular weight excluding hydrogens is 402 g/mol. The van der Waals surface area contributed by atoms with E-state index < -0.39 is 0 Å². The summed E-state index contributed by atoms with van der Waals surface area (Å²) in [7, 11) is 0. The average molecular weight is 423 g/mol. The van der Waals surface area contributed by atoms with Gasteiger partial charge in [0.2, 0.25) is 0 Å². The molecule has 1 saturated heterocycles. The summed E-state index contributed by atoms with van der Waals surface area (Å²) in [5.41, 5.74) is 4.85. The third-order valence-corrected chi connectivity index (χ3v) is 5.74. The van der Waals surface area contributed by atoms with Crippen molar-refractivity contribution < 1.29 is 9.53 Å². The first-order valence-electron chi connectivity index (χ1n) is 10.5. The Hall–Kier alpha value is -4.02. The minimum atomic E-state index is -0.217. The van der Waals surface area contributed by atoms with Crippen LogP contribution in [0.25, 0.3) is 22.2 Å². The lowest BCUT2D eigenvalue weighted by molar-refractivity contribution is -0.00259. The Labute approximate surface area is 185 Å². The molecule has 158 valence electrons. The van der Waals surface area contributed by atoms with Crippen LogP contribution in [0.3, 0.4) is 0 Å². The summed E-state index contributed by atoms with van der Waals surface area (Å²) >= 11 is 0. The quantitative estimate of drug-likeness (QED) is 0.487. The molecule has 4 aromatic rings. The number of H-pyrrole nitrogens is 1. The van der Waals surface area contributed by atoms with Gasteiger partial charge in [0.05, 0.1) is 35.8 Å². The summed E-state index contributed by atoms with van der Waals surface area (Å²) in [6.07, 6.45) is 4.71. The normalized spacial score (nSPS) is 18.2. The highest BCUT2D eigenvalue weighted by atomic mass is 16.5. The van der Waals surface area contributed by atoms with Crippen molar-refractivity contribution in [3.8, 4) is 17.3 Å². The number of ether oxygens (including phenoxy) is 1. The topological polar surface area (TPSA) is 104 Å². The van der Waals surface area contributed by atoms with Crippen molar-refractivity contribution in [2.75, 3.05) is 11.9 Å². The number of nitriles is 1. The monoisotopic (exact) mass is 423 g/mol. The van der Waals surface area contributed by atoms with Crippen molar-refractivity contribution >= 4 is 22.5 Å². The van der Waals surface area contributed by atoms with Crippen molar-refractivity contribution in [3.63, 3.8) is 0 Å². The zero-order valence-corrected chi connectivity index (χ0v) is 17.3. The Balaban J connectivity index is 1.47. The van der Waals surface area contributed by atoms with E-state index in [4.69, 9.17) is 10.00 Å². The van der Waals surface area contributed by atoms with E-state index in [1.807, 2.05) is 36.4 Å². The molecule has 2 aromatic carbocycles. The van der Waals surface area contributed by atoms with Crippen molar-refractivity contribution in [1.82, 2.24) is 15.2 Å². The Morgan fingerprint density at radius 1 is 1.16 bits per heavy atom. The van der Waals surface area contributed by atoms with Crippen LogP contribution in [0.5, 0.6) is 0 Å². The Morgan fingerprint density at radius 2 is 2.06 bits per heavy atom. The summed E-state index contributed by atoms with van der Waals surface area (Å²) in [5, 5.41) is 20.8. The minimum absolute atomic E-state index is 0.0469. The van der Waals surface area contributed by atoms with Crippen LogP contribution in [0.15, 0.2) is 67.0 Å². The molecule has 0 aliphatic carbocycles. The molecule has 1 amide bonds. The summed E-state index contributed by atoms with van der Waals surface area (Å²) in [4.78, 5) is 16.5. The smallest absolute Gasteiger partial charge is 0.257 e. The van der Waals surface area contributed by atoms with Crippen LogP contribution in [-0.2, 0) is 4.74 Å². The van der Waals surface area contributed by atoms with Gasteiger partial charge in [-0.15, -0.1) is 0 Å². The molecule has 2 unspecified atom stereocenters. The molecule has 2 atom stereocenters. The van der Waals surface area contributed by atoms with Gasteiger partial charge in [-0.05, 0) is 48.7 Å². The highest BCUT2D eigenvalue weighted by Gasteiger charge is 2.26. The van der Waals surface area contributed by atoms with Gasteiger partial charge in [0, 0.05) is 29.0 Å². The number of hydrogen-bond donors (Lipinski definition) is 2. The first-order chi connectivity index (χ1) is 15.7. The molecular formula is C25H21N5O2. The molecule has 0 radical (unpaired) electrons. The summed E-state index contributed by atoms with van der Waals surface area (Å²) in [5.74, 6) is -0.264. The highest BCUT2D eigenvalue weighted by Crippen LogP contribution is 2.38. The molecule has 2 N–H and O–H groups in total. The van der Waals surface area contributed by atoms with E-state index in [0.717, 1.165) is 40.6 Å². The number of pyridine rings is 1. The van der Waals surface area contributed by atoms with E-state index in [0.29, 0.717) is 17.9 Å². The maximum atomic E-state index is 12.5. The van der Waals surface area contributed by atoms with Crippen LogP contribution in [0.2, 0.25) is 0 Å². The molecule has 0 spiro atoms. The molecule has 2 aromatic heterocycles. The first kappa shape index (κ1) is 19.9. The van der Waals surface area contributed by atoms with Crippen molar-refractivity contribution in [3.05, 3.63) is 78.1 Å². The van der Waals surface area contributed by atoms with Crippen LogP contribution >= 0.6 is 0 Å². The van der Waals surface area contributed by atoms with Crippen LogP contribution in [0.1, 0.15) is 34.9 Å². The van der Waals surface area contributed by atoms with E-state index >= 15 is 0 Å². The molecule has 1 fully saturated rings. The van der Waals surface area contributed by atoms with Gasteiger partial charge < -0.3 is 10.1 Å². The van der Waals surface area contributed by atoms with Gasteiger partial charge >= 0.3 is 0 Å². The van der Waals surface area contributed by atoms with Gasteiger partial charge in [-0.25, -0.2) is 0 Å². The van der Waals surface area contributed by atoms with Crippen molar-refractivity contribution in [2.45, 2.75) is 18.9 Å². The molecule has 0 bridgehead atoms. The standard InChI is InChI=1S/C25H21N5O2/c26-13-16-9-10-22(32-15-16)20-7-2-8-21-23(20)24(30-29-21)17-4-1-6-19(12-17)28-25(31)18-5-3-11-27-14-18/h1-8,11-12,14,16,22H,9-10,15H2,(H,28,31)(H,29,30). The second-order valence-electron chi connectivity index (χ2n) is 7.84. The molecule has 1 aliphatic rings. The first-order valence-corrected chi connectivity index (χ1v) is 10.5. The predicted octanol–water partition coefficient (Wildman–Crippen LogP) is 4.87. The Kier molecular flexibility index (Phi) is 5.36. The zero-order chi connectivity index (χ0) is 21.9. The molecule has 3 heterocycles. The van der Waals surface area contributed by atoms with Crippen LogP contribution < -0.4 is 5.32 Å². The number of benzene rings is 2. The van der Waals surface area contributed by atoms with E-state index in [2.05, 4.69) is 32.6 Å². The number of aromatic amines is 1. The van der Waals surface area contributed by atoms with Gasteiger partial charge in [-0.2, -0.15) is 10.4 Å². The second kappa shape index (κ2) is 8.61. The van der Waals surface area contributed by atoms with E-state index in [9.17, 15) is 4.79 Å². The van der Waals surface area contributed by atoms with Crippen LogP contribution in [0, 0.1) is 17.2 Å². The molecule has 7 nitrogen and oxygen atoms in total. The Bertz CT molecular complexity index is 1300. The molecule has 0 saturated carbocycles. The van der Waals surface area contributed by atoms with E-state index in [1.165, 1.54) is 6.20 Å². The Morgan fingerprint density at radius 3 is 2.84 bits per heavy atom. The average Bonchev–Trinajstić information content (AvgIpc) is 3.29. The number of anilines is 1. The fraction of sp³-hybridized carbons (Fsp3) is 0.200. The number of nitrogens with zero attached hydrogens (tertiary/aromatic N) is 3. The van der Waals surface area contributed by atoms with E-state index in [-0.39, 0.29) is 17.9 Å². The molecule has 32 heavy (non-hydrogen) atoms. The highest BCUT2D eigenvalue weighted by molar-refractivity contribution is 6.04. The molecule has 5 rings (SSSR count). The SMILES string of the molecule is N#CC1CCC(c2cccc3[nH]nc(-c4cccc(NC(=O)c5cccnc5)c4)c23)OC1. The number of rotatable bonds is 4. The van der Waals surface area contributed by atoms with Crippen LogP contribution in [-0.4, -0.2) is 27.7 Å². The lowest BCUT2D eigenvalue weighted by Gasteiger charge is -2.26. The fourth-order valence-corrected chi connectivity index (χ4v) is 4.12. The maximum absolute atomic E-state index is 12.5. The number of hydrogen-bond acceptors (Lipinski definition) is 5. The van der Waals surface area contributed by atoms with Crippen LogP contribution in [0.4, 0.5) is 5.69 Å². The summed E-state index contributed by atoms with van der Waals surface area (Å²) in [6, 6.07) is 19.4. The zero-order valence-electron chi connectivity index (χ0n) is 17.3. The second-order valence-corrected chi connectivity index (χ2v) is 7.84. The minimum Gasteiger partial charge on any atom is -0.372 e. The van der Waals surface area contributed by atoms with E-state index in [1.54, 1.807) is 18.3 Å². The summed E-state index contributed by atoms with van der Waals surface area (Å²) in [6.45, 7) is 0.445. The van der Waals surface area contributed by atoms with Gasteiger partial charge in [-0.1, -0.05) is 24.3 Å². The van der Waals surface area contributed by atoms with Crippen molar-refractivity contribution in [2.24, 2.45) is 5.92 Å². The van der Waals surface area contributed by atoms with Gasteiger partial charge in [-0.3, -0.25) is 14.9 Å². The summed E-state index contributed by atoms with van der Waals surface area (Å²) < 4.78 is 6.03. The lowest BCUT2D eigenvalue weighted by Crippen LogP contribution is -2.19. The third-order valence-electron chi connectivity index (χ3n) is 5.74. The number of fused-ring (bicyclic) bond motifs is 1.